The van der Waals surface area contributed by atoms with Crippen LogP contribution in [0.5, 0.6) is 0 Å². The molecule has 6 aliphatic rings. The fraction of sp³-hybridized carbons (Fsp3) is 0.800. The molecule has 0 aliphatic heterocycles. The molecule has 6 saturated carbocycles. The summed E-state index contributed by atoms with van der Waals surface area (Å²) in [6.45, 7) is 11.2. The van der Waals surface area contributed by atoms with Gasteiger partial charge in [-0.25, -0.2) is 0 Å². The SMILES string of the molecule is C.CC(CC1CC([Si](C)(C)C2CC(C)C3C4CCCCC4CCC32)C2CC3CCCC3CC12)c1ccccc1.[CH3-].[CH3-].[Cl][Zr+2][Cl]. The van der Waals surface area contributed by atoms with E-state index in [0.717, 1.165) is 76.2 Å². The molecule has 0 radical (unpaired) electrons. The molecule has 0 aromatic heterocycles. The fourth-order valence-corrected chi connectivity index (χ4v) is 18.6. The monoisotopic (exact) mass is 736 g/mol. The Hall–Kier alpha value is 0.900. The van der Waals surface area contributed by atoms with Crippen LogP contribution in [0.2, 0.25) is 24.2 Å². The third kappa shape index (κ3) is 7.70. The summed E-state index contributed by atoms with van der Waals surface area (Å²) >= 11 is -0.826. The molecule has 0 spiro atoms. The van der Waals surface area contributed by atoms with Gasteiger partial charge in [0.25, 0.3) is 0 Å². The van der Waals surface area contributed by atoms with E-state index in [-0.39, 0.29) is 22.3 Å². The van der Waals surface area contributed by atoms with Crippen LogP contribution in [-0.2, 0) is 20.8 Å². The van der Waals surface area contributed by atoms with E-state index < -0.39 is 28.9 Å². The summed E-state index contributed by atoms with van der Waals surface area (Å²) < 4.78 is 0. The molecule has 0 amide bonds. The average molecular weight is 739 g/mol. The van der Waals surface area contributed by atoms with Crippen LogP contribution in [0.1, 0.15) is 123 Å². The molecule has 0 heterocycles. The second kappa shape index (κ2) is 17.0. The standard InChI is InChI=1S/C37H58Si.CH4.2CH3.2ClH.Zr/c1-24(26-11-6-5-7-12-26)19-30-23-36(34-22-29-15-10-14-28(29)21-33(30)34)38(3,4)35-20-25(2)37-31-16-9-8-13-27(31)17-18-32(35)37;;;;;;/h5-7,11-12,24-25,27-37H,8-10,13-23H2,1-4H3;1H4;2*1H3;2*1H;/q;;2*-1;;;+4/p-2. The number of hydrogen-bond acceptors (Lipinski definition) is 0. The molecule has 0 nitrogen and oxygen atoms in total. The van der Waals surface area contributed by atoms with Crippen LogP contribution in [-0.4, -0.2) is 8.07 Å². The van der Waals surface area contributed by atoms with Crippen molar-refractivity contribution in [2.24, 2.45) is 59.2 Å². The molecule has 13 atom stereocenters. The molecule has 0 N–H and O–H groups in total. The Bertz CT molecular complexity index is 985. The molecule has 7 rings (SSSR count). The van der Waals surface area contributed by atoms with Gasteiger partial charge in [0.05, 0.1) is 8.07 Å². The van der Waals surface area contributed by atoms with E-state index in [0.29, 0.717) is 0 Å². The first-order valence-electron chi connectivity index (χ1n) is 17.8. The van der Waals surface area contributed by atoms with E-state index in [4.69, 9.17) is 17.0 Å². The quantitative estimate of drug-likeness (QED) is 0.208. The average Bonchev–Trinajstić information content (AvgIpc) is 3.68. The van der Waals surface area contributed by atoms with Gasteiger partial charge in [0.2, 0.25) is 0 Å². The Morgan fingerprint density at radius 1 is 0.727 bits per heavy atom. The first-order valence-corrected chi connectivity index (χ1v) is 27.3. The third-order valence-corrected chi connectivity index (χ3v) is 19.9. The number of hydrogen-bond donors (Lipinski definition) is 0. The molecule has 6 aliphatic carbocycles. The van der Waals surface area contributed by atoms with Crippen molar-refractivity contribution in [3.63, 3.8) is 0 Å². The summed E-state index contributed by atoms with van der Waals surface area (Å²) in [5.41, 5.74) is 3.83. The van der Waals surface area contributed by atoms with E-state index in [2.05, 4.69) is 57.3 Å². The van der Waals surface area contributed by atoms with Gasteiger partial charge in [-0.2, -0.15) is 0 Å². The Morgan fingerprint density at radius 3 is 2.00 bits per heavy atom. The molecule has 0 bridgehead atoms. The maximum atomic E-state index is 4.93. The molecule has 250 valence electrons. The summed E-state index contributed by atoms with van der Waals surface area (Å²) in [5, 5.41) is 0. The van der Waals surface area contributed by atoms with Crippen molar-refractivity contribution >= 4 is 25.1 Å². The summed E-state index contributed by atoms with van der Waals surface area (Å²) in [7, 11) is 8.50. The molecule has 13 unspecified atom stereocenters. The molecule has 44 heavy (non-hydrogen) atoms. The van der Waals surface area contributed by atoms with Gasteiger partial charge in [-0.3, -0.25) is 0 Å². The summed E-state index contributed by atoms with van der Waals surface area (Å²) in [6.07, 6.45) is 22.0. The van der Waals surface area contributed by atoms with Gasteiger partial charge in [0.1, 0.15) is 0 Å². The van der Waals surface area contributed by atoms with Crippen molar-refractivity contribution in [3.05, 3.63) is 50.7 Å². The minimum atomic E-state index is -1.37. The molecule has 1 aromatic carbocycles. The number of benzene rings is 1. The van der Waals surface area contributed by atoms with Gasteiger partial charge >= 0.3 is 37.9 Å². The van der Waals surface area contributed by atoms with Crippen molar-refractivity contribution in [1.82, 2.24) is 0 Å². The first-order chi connectivity index (χ1) is 19.8. The Morgan fingerprint density at radius 2 is 1.32 bits per heavy atom. The van der Waals surface area contributed by atoms with Crippen molar-refractivity contribution in [2.45, 2.75) is 141 Å². The van der Waals surface area contributed by atoms with E-state index >= 15 is 0 Å². The van der Waals surface area contributed by atoms with Gasteiger partial charge in [-0.15, -0.1) is 0 Å². The normalized spacial score (nSPS) is 41.0. The molecule has 6 fully saturated rings. The van der Waals surface area contributed by atoms with Crippen molar-refractivity contribution in [1.29, 1.82) is 0 Å². The zero-order valence-electron chi connectivity index (χ0n) is 28.5. The van der Waals surface area contributed by atoms with Gasteiger partial charge in [-0.1, -0.05) is 103 Å². The second-order valence-electron chi connectivity index (χ2n) is 16.6. The van der Waals surface area contributed by atoms with Crippen LogP contribution < -0.4 is 0 Å². The van der Waals surface area contributed by atoms with E-state index in [1.54, 1.807) is 76.2 Å². The summed E-state index contributed by atoms with van der Waals surface area (Å²) in [6, 6.07) is 11.5. The van der Waals surface area contributed by atoms with Gasteiger partial charge in [0.15, 0.2) is 0 Å². The maximum absolute atomic E-state index is 4.93. The molecule has 4 heteroatoms. The molecular weight excluding hydrogens is 671 g/mol. The van der Waals surface area contributed by atoms with Crippen LogP contribution in [0, 0.1) is 74.0 Å². The molecular formula is C40H68Cl2SiZr. The van der Waals surface area contributed by atoms with Crippen LogP contribution in [0.3, 0.4) is 0 Å². The van der Waals surface area contributed by atoms with E-state index in [1.807, 2.05) is 0 Å². The Balaban J connectivity index is 0.000000849. The topological polar surface area (TPSA) is 0 Å². The number of rotatable bonds is 5. The number of fused-ring (bicyclic) bond motifs is 5. The zero-order chi connectivity index (χ0) is 28.7. The zero-order valence-corrected chi connectivity index (χ0v) is 33.5. The third-order valence-electron chi connectivity index (χ3n) is 14.8. The van der Waals surface area contributed by atoms with Crippen LogP contribution >= 0.6 is 17.0 Å². The summed E-state index contributed by atoms with van der Waals surface area (Å²) in [5.74, 6) is 11.5. The Kier molecular flexibility index (Phi) is 15.2. The van der Waals surface area contributed by atoms with Crippen LogP contribution in [0.25, 0.3) is 0 Å². The van der Waals surface area contributed by atoms with Crippen molar-refractivity contribution in [2.75, 3.05) is 0 Å². The van der Waals surface area contributed by atoms with E-state index in [9.17, 15) is 0 Å². The van der Waals surface area contributed by atoms with Crippen molar-refractivity contribution < 1.29 is 20.8 Å². The van der Waals surface area contributed by atoms with Crippen LogP contribution in [0.15, 0.2) is 30.3 Å². The fourth-order valence-electron chi connectivity index (χ4n) is 13.2. The van der Waals surface area contributed by atoms with E-state index in [1.165, 1.54) is 19.3 Å². The summed E-state index contributed by atoms with van der Waals surface area (Å²) in [4.78, 5) is 0. The predicted molar refractivity (Wildman–Crippen MR) is 196 cm³/mol. The van der Waals surface area contributed by atoms with Gasteiger partial charge < -0.3 is 14.9 Å². The predicted octanol–water partition coefficient (Wildman–Crippen LogP) is 13.9. The molecule has 0 saturated heterocycles. The second-order valence-corrected chi connectivity index (χ2v) is 25.5. The van der Waals surface area contributed by atoms with Crippen molar-refractivity contribution in [3.8, 4) is 0 Å². The minimum absolute atomic E-state index is 0. The van der Waals surface area contributed by atoms with Gasteiger partial charge in [-0.05, 0) is 133 Å². The first kappa shape index (κ1) is 39.3. The van der Waals surface area contributed by atoms with Gasteiger partial charge in [0, 0.05) is 0 Å². The molecule has 1 aromatic rings. The number of halogens is 2. The van der Waals surface area contributed by atoms with Crippen LogP contribution in [0.4, 0.5) is 0 Å². The Labute approximate surface area is 295 Å².